The molecular weight excluding hydrogens is 184 g/mol. The molecule has 1 N–H and O–H groups in total. The van der Waals surface area contributed by atoms with Crippen LogP contribution in [0.2, 0.25) is 0 Å². The molecule has 2 aromatic rings. The van der Waals surface area contributed by atoms with Gasteiger partial charge in [0.25, 0.3) is 0 Å². The Bertz CT molecular complexity index is 440. The van der Waals surface area contributed by atoms with E-state index in [0.29, 0.717) is 5.56 Å². The van der Waals surface area contributed by atoms with Crippen LogP contribution in [-0.2, 0) is 0 Å². The molecule has 1 aromatic heterocycles. The van der Waals surface area contributed by atoms with E-state index in [2.05, 4.69) is 4.98 Å². The normalized spacial score (nSPS) is 10.5. The van der Waals surface area contributed by atoms with Gasteiger partial charge in [0.05, 0.1) is 0 Å². The minimum atomic E-state index is -0.563. The number of aromatic amines is 1. The number of nitrogens with one attached hydrogen (secondary N) is 1. The minimum absolute atomic E-state index is 0.524. The van der Waals surface area contributed by atoms with Crippen molar-refractivity contribution >= 4 is 0 Å². The molecule has 2 rings (SSSR count). The van der Waals surface area contributed by atoms with Gasteiger partial charge >= 0.3 is 0 Å². The van der Waals surface area contributed by atoms with Crippen molar-refractivity contribution in [2.24, 2.45) is 0 Å². The first-order valence-electron chi connectivity index (χ1n) is 4.26. The van der Waals surface area contributed by atoms with Gasteiger partial charge in [-0.2, -0.15) is 0 Å². The highest BCUT2D eigenvalue weighted by atomic mass is 19.1. The predicted molar refractivity (Wildman–Crippen MR) is 50.9 cm³/mol. The lowest BCUT2D eigenvalue weighted by molar-refractivity contribution is 0.584. The van der Waals surface area contributed by atoms with Gasteiger partial charge < -0.3 is 4.98 Å². The van der Waals surface area contributed by atoms with E-state index in [9.17, 15) is 8.78 Å². The lowest BCUT2D eigenvalue weighted by Crippen LogP contribution is -1.83. The van der Waals surface area contributed by atoms with E-state index in [4.69, 9.17) is 0 Å². The number of aryl methyl sites for hydroxylation is 1. The summed E-state index contributed by atoms with van der Waals surface area (Å²) in [6.07, 6.45) is 1.79. The first kappa shape index (κ1) is 8.94. The molecule has 0 spiro atoms. The smallest absolute Gasteiger partial charge is 0.126 e. The molecule has 0 atom stereocenters. The first-order valence-corrected chi connectivity index (χ1v) is 4.26. The average molecular weight is 193 g/mol. The second-order valence-corrected chi connectivity index (χ2v) is 3.25. The molecule has 0 aliphatic heterocycles. The van der Waals surface area contributed by atoms with Crippen molar-refractivity contribution in [2.75, 3.05) is 0 Å². The van der Waals surface area contributed by atoms with Crippen LogP contribution in [0.15, 0.2) is 30.5 Å². The zero-order valence-corrected chi connectivity index (χ0v) is 7.64. The molecule has 0 aliphatic rings. The predicted octanol–water partition coefficient (Wildman–Crippen LogP) is 3.27. The molecule has 1 aromatic carbocycles. The van der Waals surface area contributed by atoms with E-state index in [1.54, 1.807) is 6.20 Å². The molecule has 0 saturated carbocycles. The third kappa shape index (κ3) is 1.66. The van der Waals surface area contributed by atoms with Crippen LogP contribution in [0.3, 0.4) is 0 Å². The summed E-state index contributed by atoms with van der Waals surface area (Å²) >= 11 is 0. The molecule has 3 heteroatoms. The van der Waals surface area contributed by atoms with Gasteiger partial charge in [0, 0.05) is 23.5 Å². The lowest BCUT2D eigenvalue weighted by Gasteiger charge is -1.98. The van der Waals surface area contributed by atoms with Gasteiger partial charge in [-0.1, -0.05) is 0 Å². The number of aromatic nitrogens is 1. The van der Waals surface area contributed by atoms with Crippen molar-refractivity contribution in [3.05, 3.63) is 47.7 Å². The van der Waals surface area contributed by atoms with E-state index in [-0.39, 0.29) is 0 Å². The van der Waals surface area contributed by atoms with Crippen molar-refractivity contribution in [1.82, 2.24) is 4.98 Å². The van der Waals surface area contributed by atoms with E-state index in [0.717, 1.165) is 17.3 Å². The lowest BCUT2D eigenvalue weighted by atomic mass is 10.1. The fraction of sp³-hybridized carbons (Fsp3) is 0.0909. The maximum absolute atomic E-state index is 12.9. The van der Waals surface area contributed by atoms with Crippen molar-refractivity contribution < 1.29 is 8.78 Å². The highest BCUT2D eigenvalue weighted by Gasteiger charge is 2.04. The zero-order valence-electron chi connectivity index (χ0n) is 7.64. The Hall–Kier alpha value is -1.64. The number of hydrogen-bond acceptors (Lipinski definition) is 0. The Morgan fingerprint density at radius 3 is 2.14 bits per heavy atom. The second kappa shape index (κ2) is 3.25. The highest BCUT2D eigenvalue weighted by Crippen LogP contribution is 2.20. The number of rotatable bonds is 1. The van der Waals surface area contributed by atoms with Crippen LogP contribution in [0.25, 0.3) is 11.3 Å². The number of H-pyrrole nitrogens is 1. The molecule has 0 radical (unpaired) electrons. The van der Waals surface area contributed by atoms with Crippen LogP contribution < -0.4 is 0 Å². The summed E-state index contributed by atoms with van der Waals surface area (Å²) in [4.78, 5) is 2.94. The molecule has 1 heterocycles. The van der Waals surface area contributed by atoms with Gasteiger partial charge in [0.2, 0.25) is 0 Å². The summed E-state index contributed by atoms with van der Waals surface area (Å²) in [5.74, 6) is -1.13. The summed E-state index contributed by atoms with van der Waals surface area (Å²) < 4.78 is 25.7. The van der Waals surface area contributed by atoms with Gasteiger partial charge in [0.15, 0.2) is 0 Å². The van der Waals surface area contributed by atoms with Gasteiger partial charge in [-0.25, -0.2) is 8.78 Å². The van der Waals surface area contributed by atoms with Crippen molar-refractivity contribution in [3.63, 3.8) is 0 Å². The topological polar surface area (TPSA) is 15.8 Å². The van der Waals surface area contributed by atoms with Crippen molar-refractivity contribution in [3.8, 4) is 11.3 Å². The summed E-state index contributed by atoms with van der Waals surface area (Å²) in [6.45, 7) is 1.91. The van der Waals surface area contributed by atoms with Crippen LogP contribution in [0.4, 0.5) is 8.78 Å². The van der Waals surface area contributed by atoms with E-state index in [1.165, 1.54) is 12.1 Å². The molecule has 0 bridgehead atoms. The van der Waals surface area contributed by atoms with Gasteiger partial charge in [-0.05, 0) is 30.7 Å². The maximum atomic E-state index is 12.9. The number of hydrogen-bond donors (Lipinski definition) is 1. The Balaban J connectivity index is 2.51. The molecule has 1 nitrogen and oxygen atoms in total. The first-order chi connectivity index (χ1) is 6.65. The Morgan fingerprint density at radius 1 is 1.00 bits per heavy atom. The third-order valence-electron chi connectivity index (χ3n) is 2.00. The fourth-order valence-corrected chi connectivity index (χ4v) is 1.38. The molecule has 14 heavy (non-hydrogen) atoms. The molecule has 0 unspecified atom stereocenters. The van der Waals surface area contributed by atoms with Gasteiger partial charge in [0.1, 0.15) is 11.6 Å². The van der Waals surface area contributed by atoms with Crippen molar-refractivity contribution in [1.29, 1.82) is 0 Å². The maximum Gasteiger partial charge on any atom is 0.126 e. The van der Waals surface area contributed by atoms with Crippen LogP contribution >= 0.6 is 0 Å². The second-order valence-electron chi connectivity index (χ2n) is 3.25. The van der Waals surface area contributed by atoms with Crippen molar-refractivity contribution in [2.45, 2.75) is 6.92 Å². The standard InChI is InChI=1S/C11H9F2N/c1-7-2-11(14-6-7)8-3-9(12)5-10(13)4-8/h2-6,14H,1H3. The summed E-state index contributed by atoms with van der Waals surface area (Å²) in [5.41, 5.74) is 2.28. The quantitative estimate of drug-likeness (QED) is 0.715. The molecule has 0 fully saturated rings. The van der Waals surface area contributed by atoms with E-state index < -0.39 is 11.6 Å². The average Bonchev–Trinajstić information content (AvgIpc) is 2.50. The van der Waals surface area contributed by atoms with Crippen LogP contribution in [0.5, 0.6) is 0 Å². The largest absolute Gasteiger partial charge is 0.361 e. The zero-order chi connectivity index (χ0) is 10.1. The van der Waals surface area contributed by atoms with Crippen LogP contribution in [-0.4, -0.2) is 4.98 Å². The minimum Gasteiger partial charge on any atom is -0.361 e. The van der Waals surface area contributed by atoms with Gasteiger partial charge in [-0.3, -0.25) is 0 Å². The Morgan fingerprint density at radius 2 is 1.64 bits per heavy atom. The summed E-state index contributed by atoms with van der Waals surface area (Å²) in [7, 11) is 0. The third-order valence-corrected chi connectivity index (χ3v) is 2.00. The molecule has 0 aliphatic carbocycles. The fourth-order valence-electron chi connectivity index (χ4n) is 1.38. The number of halogens is 2. The molecule has 0 saturated heterocycles. The monoisotopic (exact) mass is 193 g/mol. The Kier molecular flexibility index (Phi) is 2.08. The Labute approximate surface area is 80.4 Å². The summed E-state index contributed by atoms with van der Waals surface area (Å²) in [6, 6.07) is 5.30. The molecular formula is C11H9F2N. The summed E-state index contributed by atoms with van der Waals surface area (Å²) in [5, 5.41) is 0. The van der Waals surface area contributed by atoms with E-state index >= 15 is 0 Å². The molecule has 72 valence electrons. The van der Waals surface area contributed by atoms with Crippen LogP contribution in [0, 0.1) is 18.6 Å². The van der Waals surface area contributed by atoms with Crippen LogP contribution in [0.1, 0.15) is 5.56 Å². The molecule has 0 amide bonds. The SMILES string of the molecule is Cc1c[nH]c(-c2cc(F)cc(F)c2)c1. The van der Waals surface area contributed by atoms with E-state index in [1.807, 2.05) is 13.0 Å². The number of benzene rings is 1. The van der Waals surface area contributed by atoms with Gasteiger partial charge in [-0.15, -0.1) is 0 Å². The highest BCUT2D eigenvalue weighted by molar-refractivity contribution is 5.60.